The van der Waals surface area contributed by atoms with Crippen LogP contribution >= 0.6 is 34.8 Å². The fourth-order valence-corrected chi connectivity index (χ4v) is 3.48. The number of carbonyl (C=O) groups excluding carboxylic acids is 1. The number of alkyl halides is 3. The van der Waals surface area contributed by atoms with Crippen molar-refractivity contribution in [2.45, 2.75) is 23.7 Å². The molecule has 29 heavy (non-hydrogen) atoms. The molecule has 0 aliphatic rings. The molecule has 3 rings (SSSR count). The highest BCUT2D eigenvalue weighted by atomic mass is 35.6. The van der Waals surface area contributed by atoms with E-state index >= 15 is 0 Å². The molecule has 0 spiro atoms. The van der Waals surface area contributed by atoms with E-state index in [1.807, 2.05) is 32.0 Å². The highest BCUT2D eigenvalue weighted by Crippen LogP contribution is 2.39. The van der Waals surface area contributed by atoms with Gasteiger partial charge in [0.05, 0.1) is 0 Å². The number of amides is 1. The van der Waals surface area contributed by atoms with E-state index in [0.717, 1.165) is 16.7 Å². The summed E-state index contributed by atoms with van der Waals surface area (Å²) in [6.45, 7) is 3.93. The zero-order valence-electron chi connectivity index (χ0n) is 16.0. The molecule has 0 aliphatic carbocycles. The Labute approximate surface area is 185 Å². The van der Waals surface area contributed by atoms with Crippen LogP contribution in [0.3, 0.4) is 0 Å². The largest absolute Gasteiger partial charge is 0.413 e. The Hall–Kier alpha value is -2.20. The van der Waals surface area contributed by atoms with Crippen molar-refractivity contribution in [1.29, 1.82) is 0 Å². The van der Waals surface area contributed by atoms with Crippen LogP contribution in [0.5, 0.6) is 5.75 Å². The Balaban J connectivity index is 1.75. The molecule has 0 aromatic heterocycles. The molecule has 0 radical (unpaired) electrons. The van der Waals surface area contributed by atoms with Crippen LogP contribution in [0.2, 0.25) is 0 Å². The SMILES string of the molecule is Cc1ccc(-c2ccc(OC(=O)NC(c3ccccc3)C(Cl)(Cl)Cl)c(C)c2)cc1. The maximum absolute atomic E-state index is 12.5. The zero-order valence-corrected chi connectivity index (χ0v) is 18.2. The first-order valence-corrected chi connectivity index (χ1v) is 10.1. The van der Waals surface area contributed by atoms with Crippen molar-refractivity contribution >= 4 is 40.9 Å². The summed E-state index contributed by atoms with van der Waals surface area (Å²) in [6, 6.07) is 22.0. The lowest BCUT2D eigenvalue weighted by molar-refractivity contribution is 0.196. The molecule has 1 atom stereocenters. The minimum Gasteiger partial charge on any atom is -0.410 e. The van der Waals surface area contributed by atoms with Crippen molar-refractivity contribution in [3.63, 3.8) is 0 Å². The van der Waals surface area contributed by atoms with Gasteiger partial charge in [-0.25, -0.2) is 4.79 Å². The van der Waals surface area contributed by atoms with Crippen molar-refractivity contribution in [3.05, 3.63) is 89.5 Å². The van der Waals surface area contributed by atoms with Crippen LogP contribution in [-0.4, -0.2) is 9.89 Å². The van der Waals surface area contributed by atoms with Crippen molar-refractivity contribution in [3.8, 4) is 16.9 Å². The molecule has 3 aromatic rings. The third-order valence-electron chi connectivity index (χ3n) is 4.48. The maximum Gasteiger partial charge on any atom is 0.413 e. The van der Waals surface area contributed by atoms with E-state index in [-0.39, 0.29) is 0 Å². The smallest absolute Gasteiger partial charge is 0.410 e. The number of halogens is 3. The predicted octanol–water partition coefficient (Wildman–Crippen LogP) is 7.17. The Morgan fingerprint density at radius 1 is 0.897 bits per heavy atom. The zero-order chi connectivity index (χ0) is 21.0. The molecule has 6 heteroatoms. The van der Waals surface area contributed by atoms with Gasteiger partial charge in [0.2, 0.25) is 3.79 Å². The Morgan fingerprint density at radius 3 is 2.10 bits per heavy atom. The summed E-state index contributed by atoms with van der Waals surface area (Å²) in [5.41, 5.74) is 4.82. The molecule has 0 fully saturated rings. The fourth-order valence-electron chi connectivity index (χ4n) is 2.94. The molecule has 0 heterocycles. The van der Waals surface area contributed by atoms with Crippen molar-refractivity contribution in [2.24, 2.45) is 0 Å². The summed E-state index contributed by atoms with van der Waals surface area (Å²) in [7, 11) is 0. The van der Waals surface area contributed by atoms with Gasteiger partial charge in [-0.05, 0) is 48.2 Å². The van der Waals surface area contributed by atoms with Gasteiger partial charge in [-0.2, -0.15) is 0 Å². The molecule has 1 N–H and O–H groups in total. The minimum atomic E-state index is -1.73. The number of benzene rings is 3. The number of carbonyl (C=O) groups is 1. The average molecular weight is 449 g/mol. The molecule has 0 saturated carbocycles. The van der Waals surface area contributed by atoms with E-state index in [1.165, 1.54) is 5.56 Å². The van der Waals surface area contributed by atoms with Crippen LogP contribution in [-0.2, 0) is 0 Å². The summed E-state index contributed by atoms with van der Waals surface area (Å²) < 4.78 is 3.74. The predicted molar refractivity (Wildman–Crippen MR) is 120 cm³/mol. The quantitative estimate of drug-likeness (QED) is 0.430. The lowest BCUT2D eigenvalue weighted by atomic mass is 10.0. The van der Waals surface area contributed by atoms with Gasteiger partial charge in [0.25, 0.3) is 0 Å². The first-order valence-electron chi connectivity index (χ1n) is 9.02. The number of hydrogen-bond donors (Lipinski definition) is 1. The van der Waals surface area contributed by atoms with Gasteiger partial charge in [0.1, 0.15) is 11.8 Å². The van der Waals surface area contributed by atoms with Gasteiger partial charge in [-0.15, -0.1) is 0 Å². The van der Waals surface area contributed by atoms with Crippen LogP contribution in [0.25, 0.3) is 11.1 Å². The van der Waals surface area contributed by atoms with Gasteiger partial charge in [0, 0.05) is 0 Å². The minimum absolute atomic E-state index is 0.439. The topological polar surface area (TPSA) is 38.3 Å². The van der Waals surface area contributed by atoms with Gasteiger partial charge in [-0.1, -0.05) is 101 Å². The first kappa shape index (κ1) is 21.5. The van der Waals surface area contributed by atoms with E-state index in [4.69, 9.17) is 39.5 Å². The van der Waals surface area contributed by atoms with E-state index < -0.39 is 15.9 Å². The lowest BCUT2D eigenvalue weighted by Gasteiger charge is -2.25. The standard InChI is InChI=1S/C23H20Cl3NO2/c1-15-8-10-17(11-9-15)19-12-13-20(16(2)14-19)29-22(28)27-21(23(24,25)26)18-6-4-3-5-7-18/h3-14,21H,1-2H3,(H,27,28). The number of nitrogens with one attached hydrogen (secondary N) is 1. The van der Waals surface area contributed by atoms with Crippen molar-refractivity contribution in [2.75, 3.05) is 0 Å². The van der Waals surface area contributed by atoms with E-state index in [9.17, 15) is 4.79 Å². The number of rotatable bonds is 4. The molecule has 0 bridgehead atoms. The second-order valence-electron chi connectivity index (χ2n) is 6.77. The number of ether oxygens (including phenoxy) is 1. The van der Waals surface area contributed by atoms with Crippen LogP contribution in [0.4, 0.5) is 4.79 Å². The van der Waals surface area contributed by atoms with Gasteiger partial charge in [0.15, 0.2) is 0 Å². The van der Waals surface area contributed by atoms with E-state index in [1.54, 1.807) is 30.3 Å². The summed E-state index contributed by atoms with van der Waals surface area (Å²) in [6.07, 6.45) is -0.698. The fraction of sp³-hybridized carbons (Fsp3) is 0.174. The number of hydrogen-bond acceptors (Lipinski definition) is 2. The Kier molecular flexibility index (Phi) is 6.74. The van der Waals surface area contributed by atoms with Gasteiger partial charge >= 0.3 is 6.09 Å². The third kappa shape index (κ3) is 5.66. The van der Waals surface area contributed by atoms with Gasteiger partial charge in [-0.3, -0.25) is 0 Å². The number of aryl methyl sites for hydroxylation is 2. The summed E-state index contributed by atoms with van der Waals surface area (Å²) in [5, 5.41) is 2.64. The molecule has 1 unspecified atom stereocenters. The third-order valence-corrected chi connectivity index (χ3v) is 5.14. The molecule has 0 aliphatic heterocycles. The first-order chi connectivity index (χ1) is 13.7. The van der Waals surface area contributed by atoms with Crippen LogP contribution < -0.4 is 10.1 Å². The van der Waals surface area contributed by atoms with Crippen molar-refractivity contribution < 1.29 is 9.53 Å². The van der Waals surface area contributed by atoms with Crippen LogP contribution in [0.1, 0.15) is 22.7 Å². The second-order valence-corrected chi connectivity index (χ2v) is 9.13. The molecule has 3 aromatic carbocycles. The summed E-state index contributed by atoms with van der Waals surface area (Å²) >= 11 is 18.2. The molecule has 0 saturated heterocycles. The highest BCUT2D eigenvalue weighted by Gasteiger charge is 2.35. The maximum atomic E-state index is 12.5. The molecule has 150 valence electrons. The van der Waals surface area contributed by atoms with Gasteiger partial charge < -0.3 is 10.1 Å². The monoisotopic (exact) mass is 447 g/mol. The molecule has 1 amide bonds. The van der Waals surface area contributed by atoms with E-state index in [2.05, 4.69) is 29.6 Å². The highest BCUT2D eigenvalue weighted by molar-refractivity contribution is 6.68. The lowest BCUT2D eigenvalue weighted by Crippen LogP contribution is -2.38. The molecular formula is C23H20Cl3NO2. The molecular weight excluding hydrogens is 429 g/mol. The Bertz CT molecular complexity index is 983. The van der Waals surface area contributed by atoms with E-state index in [0.29, 0.717) is 11.3 Å². The van der Waals surface area contributed by atoms with Crippen molar-refractivity contribution in [1.82, 2.24) is 5.32 Å². The normalized spacial score (nSPS) is 12.3. The summed E-state index contributed by atoms with van der Waals surface area (Å²) in [4.78, 5) is 12.5. The van der Waals surface area contributed by atoms with Crippen LogP contribution in [0, 0.1) is 13.8 Å². The van der Waals surface area contributed by atoms with Crippen LogP contribution in [0.15, 0.2) is 72.8 Å². The second kappa shape index (κ2) is 9.08. The Morgan fingerprint density at radius 2 is 1.52 bits per heavy atom. The molecule has 3 nitrogen and oxygen atoms in total. The average Bonchev–Trinajstić information content (AvgIpc) is 2.68. The summed E-state index contributed by atoms with van der Waals surface area (Å²) in [5.74, 6) is 0.439.